The Hall–Kier alpha value is 0.610. The number of halogens is 3. The van der Waals surface area contributed by atoms with Crippen molar-refractivity contribution in [3.8, 4) is 0 Å². The predicted octanol–water partition coefficient (Wildman–Crippen LogP) is 4.19. The van der Waals surface area contributed by atoms with Crippen molar-refractivity contribution in [1.82, 2.24) is 0 Å². The summed E-state index contributed by atoms with van der Waals surface area (Å²) in [7, 11) is 0. The fraction of sp³-hybridized carbons (Fsp3) is 0.778. The smallest absolute Gasteiger partial charge is 0.0490 e. The molecule has 0 radical (unpaired) electrons. The zero-order valence-electron chi connectivity index (χ0n) is 7.49. The van der Waals surface area contributed by atoms with Crippen molar-refractivity contribution in [3.63, 3.8) is 0 Å². The highest BCUT2D eigenvalue weighted by Crippen LogP contribution is 2.16. The quantitative estimate of drug-likeness (QED) is 0.490. The Balaban J connectivity index is 4.03. The molecule has 0 bridgehead atoms. The minimum absolute atomic E-state index is 0.0682. The van der Waals surface area contributed by atoms with E-state index >= 15 is 0 Å². The van der Waals surface area contributed by atoms with Crippen LogP contribution in [0, 0.1) is 0 Å². The summed E-state index contributed by atoms with van der Waals surface area (Å²) in [6.07, 6.45) is 3.80. The summed E-state index contributed by atoms with van der Waals surface area (Å²) in [4.78, 5) is 0. The first-order valence-electron chi connectivity index (χ1n) is 4.10. The molecule has 0 aliphatic rings. The van der Waals surface area contributed by atoms with Crippen LogP contribution >= 0.6 is 34.8 Å². The van der Waals surface area contributed by atoms with Gasteiger partial charge in [-0.25, -0.2) is 0 Å². The van der Waals surface area contributed by atoms with Crippen molar-refractivity contribution >= 4 is 34.8 Å². The lowest BCUT2D eigenvalue weighted by Crippen LogP contribution is -1.98. The molecule has 0 amide bonds. The minimum atomic E-state index is 0.0682. The highest BCUT2D eigenvalue weighted by Gasteiger charge is 2.03. The van der Waals surface area contributed by atoms with E-state index in [2.05, 4.69) is 0 Å². The van der Waals surface area contributed by atoms with E-state index in [0.717, 1.165) is 12.8 Å². The molecule has 0 aromatic rings. The maximum atomic E-state index is 5.86. The van der Waals surface area contributed by atoms with Gasteiger partial charge in [0.05, 0.1) is 0 Å². The Morgan fingerprint density at radius 2 is 1.92 bits per heavy atom. The van der Waals surface area contributed by atoms with Gasteiger partial charge in [0.1, 0.15) is 0 Å². The van der Waals surface area contributed by atoms with Crippen LogP contribution in [0.25, 0.3) is 0 Å². The Labute approximate surface area is 89.9 Å². The third-order valence-corrected chi connectivity index (χ3v) is 1.89. The van der Waals surface area contributed by atoms with Crippen LogP contribution < -0.4 is 0 Å². The fourth-order valence-electron chi connectivity index (χ4n) is 1.06. The van der Waals surface area contributed by atoms with Gasteiger partial charge >= 0.3 is 0 Å². The first-order valence-corrected chi connectivity index (χ1v) is 5.50. The second kappa shape index (κ2) is 7.06. The lowest BCUT2D eigenvalue weighted by molar-refractivity contribution is 0.859. The fourth-order valence-corrected chi connectivity index (χ4v) is 1.68. The van der Waals surface area contributed by atoms with E-state index in [9.17, 15) is 0 Å². The van der Waals surface area contributed by atoms with Gasteiger partial charge in [0, 0.05) is 16.6 Å². The largest absolute Gasteiger partial charge is 0.126 e. The van der Waals surface area contributed by atoms with E-state index < -0.39 is 0 Å². The van der Waals surface area contributed by atoms with E-state index in [4.69, 9.17) is 34.8 Å². The second-order valence-electron chi connectivity index (χ2n) is 2.93. The molecule has 0 aromatic carbocycles. The van der Waals surface area contributed by atoms with Gasteiger partial charge in [-0.15, -0.1) is 34.8 Å². The molecule has 0 heterocycles. The molecule has 0 N–H and O–H groups in total. The molecule has 0 saturated carbocycles. The molecule has 12 heavy (non-hydrogen) atoms. The third kappa shape index (κ3) is 7.27. The highest BCUT2D eigenvalue weighted by molar-refractivity contribution is 6.21. The van der Waals surface area contributed by atoms with Crippen molar-refractivity contribution in [2.45, 2.75) is 37.4 Å². The van der Waals surface area contributed by atoms with E-state index in [-0.39, 0.29) is 10.8 Å². The molecule has 0 aliphatic carbocycles. The summed E-state index contributed by atoms with van der Waals surface area (Å²) in [6, 6.07) is 0. The lowest BCUT2D eigenvalue weighted by atomic mass is 10.1. The van der Waals surface area contributed by atoms with Crippen molar-refractivity contribution < 1.29 is 0 Å². The highest BCUT2D eigenvalue weighted by atomic mass is 35.5. The average molecular weight is 230 g/mol. The topological polar surface area (TPSA) is 0 Å². The number of hydrogen-bond donors (Lipinski definition) is 0. The molecule has 2 unspecified atom stereocenters. The van der Waals surface area contributed by atoms with Gasteiger partial charge in [0.25, 0.3) is 0 Å². The van der Waals surface area contributed by atoms with Crippen LogP contribution in [0.4, 0.5) is 0 Å². The third-order valence-electron chi connectivity index (χ3n) is 1.42. The van der Waals surface area contributed by atoms with Crippen LogP contribution in [0.2, 0.25) is 0 Å². The van der Waals surface area contributed by atoms with Gasteiger partial charge in [-0.3, -0.25) is 0 Å². The van der Waals surface area contributed by atoms with Gasteiger partial charge in [-0.05, 0) is 26.7 Å². The van der Waals surface area contributed by atoms with Gasteiger partial charge in [0.2, 0.25) is 0 Å². The van der Waals surface area contributed by atoms with Gasteiger partial charge in [0.15, 0.2) is 0 Å². The molecular weight excluding hydrogens is 214 g/mol. The zero-order valence-corrected chi connectivity index (χ0v) is 9.76. The minimum Gasteiger partial charge on any atom is -0.126 e. The Morgan fingerprint density at radius 3 is 2.25 bits per heavy atom. The molecule has 0 saturated heterocycles. The molecule has 2 atom stereocenters. The predicted molar refractivity (Wildman–Crippen MR) is 58.7 cm³/mol. The van der Waals surface area contributed by atoms with Crippen LogP contribution in [0.5, 0.6) is 0 Å². The van der Waals surface area contributed by atoms with Crippen molar-refractivity contribution in [2.24, 2.45) is 0 Å². The van der Waals surface area contributed by atoms with E-state index in [1.54, 1.807) is 0 Å². The number of alkyl halides is 3. The van der Waals surface area contributed by atoms with Crippen LogP contribution in [0.1, 0.15) is 26.7 Å². The van der Waals surface area contributed by atoms with Crippen LogP contribution in [-0.2, 0) is 0 Å². The molecule has 0 nitrogen and oxygen atoms in total. The molecule has 72 valence electrons. The molecule has 0 aliphatic heterocycles. The van der Waals surface area contributed by atoms with Crippen molar-refractivity contribution in [2.75, 3.05) is 5.88 Å². The number of hydrogen-bond acceptors (Lipinski definition) is 0. The second-order valence-corrected chi connectivity index (χ2v) is 4.74. The maximum Gasteiger partial charge on any atom is 0.0490 e. The van der Waals surface area contributed by atoms with Crippen molar-refractivity contribution in [3.05, 3.63) is 11.6 Å². The van der Waals surface area contributed by atoms with E-state index in [1.165, 1.54) is 5.57 Å². The first kappa shape index (κ1) is 12.6. The molecule has 0 aromatic heterocycles. The van der Waals surface area contributed by atoms with Crippen molar-refractivity contribution in [1.29, 1.82) is 0 Å². The molecule has 0 rings (SSSR count). The van der Waals surface area contributed by atoms with Gasteiger partial charge in [-0.1, -0.05) is 11.6 Å². The summed E-state index contributed by atoms with van der Waals surface area (Å²) in [5, 5.41) is 0.230. The summed E-state index contributed by atoms with van der Waals surface area (Å²) < 4.78 is 0. The molecule has 3 heteroatoms. The molecular formula is C9H15Cl3. The first-order chi connectivity index (χ1) is 5.56. The summed E-state index contributed by atoms with van der Waals surface area (Å²) in [5.74, 6) is 0.638. The average Bonchev–Trinajstić information content (AvgIpc) is 1.84. The maximum absolute atomic E-state index is 5.86. The van der Waals surface area contributed by atoms with E-state index in [0.29, 0.717) is 5.88 Å². The number of rotatable bonds is 5. The monoisotopic (exact) mass is 228 g/mol. The standard InChI is InChI=1S/C9H15Cl3/c1-7(11)5-9(3-4-10)6-8(2)12/h5,7-8H,3-4,6H2,1-2H3/b9-5+. The van der Waals surface area contributed by atoms with E-state index in [1.807, 2.05) is 19.9 Å². The Bertz CT molecular complexity index is 139. The summed E-state index contributed by atoms with van der Waals surface area (Å²) in [5.41, 5.74) is 1.26. The number of allylic oxidation sites excluding steroid dienone is 2. The molecule has 0 fully saturated rings. The Morgan fingerprint density at radius 1 is 1.33 bits per heavy atom. The summed E-state index contributed by atoms with van der Waals surface area (Å²) >= 11 is 17.3. The summed E-state index contributed by atoms with van der Waals surface area (Å²) in [6.45, 7) is 3.91. The SMILES string of the molecule is CC(Cl)/C=C(\CCCl)CC(C)Cl. The van der Waals surface area contributed by atoms with Crippen LogP contribution in [0.15, 0.2) is 11.6 Å². The zero-order chi connectivity index (χ0) is 9.56. The van der Waals surface area contributed by atoms with Crippen LogP contribution in [0.3, 0.4) is 0 Å². The molecule has 0 spiro atoms. The normalized spacial score (nSPS) is 17.6. The lowest BCUT2D eigenvalue weighted by Gasteiger charge is -2.08. The Kier molecular flexibility index (Phi) is 7.41. The van der Waals surface area contributed by atoms with Crippen LogP contribution in [-0.4, -0.2) is 16.6 Å². The van der Waals surface area contributed by atoms with Gasteiger partial charge < -0.3 is 0 Å². The van der Waals surface area contributed by atoms with Gasteiger partial charge in [-0.2, -0.15) is 0 Å².